The quantitative estimate of drug-likeness (QED) is 0.181. The van der Waals surface area contributed by atoms with Gasteiger partial charge in [0.1, 0.15) is 0 Å². The zero-order chi connectivity index (χ0) is 22.8. The first kappa shape index (κ1) is 27.2. The van der Waals surface area contributed by atoms with E-state index in [1.807, 2.05) is 0 Å². The Morgan fingerprint density at radius 1 is 0.828 bits per heavy atom. The summed E-state index contributed by atoms with van der Waals surface area (Å²) in [5.41, 5.74) is 1.60. The topological polar surface area (TPSA) is 27.7 Å². The predicted octanol–water partition coefficient (Wildman–Crippen LogP) is 6.98. The van der Waals surface area contributed by atoms with Gasteiger partial charge in [0.25, 0.3) is 0 Å². The summed E-state index contributed by atoms with van der Waals surface area (Å²) in [5.74, 6) is 0. The second-order valence-corrected chi connectivity index (χ2v) is 33.4. The number of rotatable bonds is 11. The van der Waals surface area contributed by atoms with E-state index in [0.717, 1.165) is 12.1 Å². The Balaban J connectivity index is 4.13. The molecule has 0 aromatic rings. The average Bonchev–Trinajstić information content (AvgIpc) is 2.93. The van der Waals surface area contributed by atoms with Crippen molar-refractivity contribution >= 4 is 25.0 Å². The van der Waals surface area contributed by atoms with Gasteiger partial charge in [-0.05, 0) is 0 Å². The molecule has 0 aromatic heterocycles. The Labute approximate surface area is 186 Å². The summed E-state index contributed by atoms with van der Waals surface area (Å²) in [5, 5.41) is 10.9. The first-order valence-corrected chi connectivity index (χ1v) is 26.1. The van der Waals surface area contributed by atoms with E-state index in [9.17, 15) is 0 Å². The van der Waals surface area contributed by atoms with Crippen LogP contribution in [-0.2, 0) is 29.3 Å². The molecule has 0 spiro atoms. The molecule has 0 saturated heterocycles. The molecule has 1 unspecified atom stereocenters. The third-order valence-corrected chi connectivity index (χ3v) is 21.8. The molecule has 3 nitrogen and oxygen atoms in total. The molecule has 0 heterocycles. The van der Waals surface area contributed by atoms with Crippen molar-refractivity contribution in [2.24, 2.45) is 0 Å². The van der Waals surface area contributed by atoms with Crippen LogP contribution in [0.4, 0.5) is 0 Å². The summed E-state index contributed by atoms with van der Waals surface area (Å²) < 4.78 is 20.0. The maximum absolute atomic E-state index is 6.10. The average molecular weight is 636 g/mol. The van der Waals surface area contributed by atoms with Crippen LogP contribution in [0.3, 0.4) is 0 Å². The van der Waals surface area contributed by atoms with E-state index in [1.54, 1.807) is 35.7 Å². The van der Waals surface area contributed by atoms with Crippen LogP contribution in [0.15, 0.2) is 45.2 Å². The van der Waals surface area contributed by atoms with E-state index in [1.165, 1.54) is 5.57 Å². The number of hydrogen-bond acceptors (Lipinski definition) is 3. The molecule has 1 rings (SSSR count). The summed E-state index contributed by atoms with van der Waals surface area (Å²) >= 11 is -2.21. The van der Waals surface area contributed by atoms with Crippen molar-refractivity contribution in [3.05, 3.63) is 45.2 Å². The first-order valence-electron chi connectivity index (χ1n) is 9.90. The van der Waals surface area contributed by atoms with Crippen LogP contribution >= 0.6 is 0 Å². The van der Waals surface area contributed by atoms with E-state index in [2.05, 4.69) is 74.4 Å². The van der Waals surface area contributed by atoms with Gasteiger partial charge in [-0.15, -0.1) is 0 Å². The summed E-state index contributed by atoms with van der Waals surface area (Å²) in [6.45, 7) is 20.5. The van der Waals surface area contributed by atoms with Crippen LogP contribution < -0.4 is 0 Å². The Morgan fingerprint density at radius 2 is 1.21 bits per heavy atom. The van der Waals surface area contributed by atoms with Crippen molar-refractivity contribution in [2.45, 2.75) is 66.7 Å². The van der Waals surface area contributed by atoms with Crippen LogP contribution in [0.5, 0.6) is 0 Å². The van der Waals surface area contributed by atoms with E-state index < -0.39 is 41.0 Å². The summed E-state index contributed by atoms with van der Waals surface area (Å²) in [4.78, 5) is 0. The van der Waals surface area contributed by atoms with E-state index in [0.29, 0.717) is 0 Å². The fourth-order valence-electron chi connectivity index (χ4n) is 4.74. The van der Waals surface area contributed by atoms with Crippen molar-refractivity contribution in [3.63, 3.8) is 0 Å². The first-order chi connectivity index (χ1) is 13.2. The third-order valence-electron chi connectivity index (χ3n) is 5.92. The minimum atomic E-state index is -2.89. The number of hydrogen-bond donors (Lipinski definition) is 0. The molecule has 7 heteroatoms. The van der Waals surface area contributed by atoms with Gasteiger partial charge in [0.15, 0.2) is 0 Å². The molecule has 0 saturated carbocycles. The van der Waals surface area contributed by atoms with Crippen LogP contribution in [-0.4, -0.2) is 46.3 Å². The molecule has 29 heavy (non-hydrogen) atoms. The third kappa shape index (κ3) is 5.16. The molecule has 1 atom stereocenters. The van der Waals surface area contributed by atoms with Crippen molar-refractivity contribution in [2.75, 3.05) is 21.3 Å². The molecule has 0 aromatic carbocycles. The molecule has 1 aliphatic carbocycles. The monoisotopic (exact) mass is 635 g/mol. The Hall–Kier alpha value is 0.179. The molecular weight excluding hydrogens is 592 g/mol. The van der Waals surface area contributed by atoms with Gasteiger partial charge in [0.05, 0.1) is 0 Å². The fraction of sp³-hybridized carbons (Fsp3) is 0.636. The summed E-state index contributed by atoms with van der Waals surface area (Å²) in [6, 6.07) is 2.17. The molecule has 0 radical (unpaired) electrons. The standard InChI is InChI=1S/C19H35O3Si3.3CH3.Pt/c1-11-13-23(7,8)18-15-17(25(20-4,21-5)22-6)16(3)19(18)24(9,10)14-12-2;;;;/h11-12,17H,1-2,13-14H2,3-10H3;3*1H3;. The van der Waals surface area contributed by atoms with Crippen molar-refractivity contribution in [1.82, 2.24) is 0 Å². The van der Waals surface area contributed by atoms with Crippen LogP contribution in [0.2, 0.25) is 59.8 Å². The zero-order valence-corrected chi connectivity index (χ0v) is 25.9. The Morgan fingerprint density at radius 3 is 1.52 bits per heavy atom. The van der Waals surface area contributed by atoms with Gasteiger partial charge in [-0.25, -0.2) is 0 Å². The van der Waals surface area contributed by atoms with Gasteiger partial charge in [0, 0.05) is 0 Å². The second-order valence-electron chi connectivity index (χ2n) is 9.57. The normalized spacial score (nSPS) is 19.8. The van der Waals surface area contributed by atoms with E-state index in [4.69, 9.17) is 13.3 Å². The molecule has 172 valence electrons. The predicted molar refractivity (Wildman–Crippen MR) is 133 cm³/mol. The van der Waals surface area contributed by atoms with Crippen LogP contribution in [0.25, 0.3) is 0 Å². The van der Waals surface area contributed by atoms with Crippen molar-refractivity contribution < 1.29 is 29.3 Å². The summed E-state index contributed by atoms with van der Waals surface area (Å²) in [6.07, 6.45) is 4.24. The van der Waals surface area contributed by atoms with Crippen molar-refractivity contribution in [1.29, 1.82) is 0 Å². The molecule has 0 N–H and O–H groups in total. The van der Waals surface area contributed by atoms with E-state index >= 15 is 0 Å². The minimum absolute atomic E-state index is 0.150. The number of allylic oxidation sites excluding steroid dienone is 6. The van der Waals surface area contributed by atoms with Gasteiger partial charge >= 0.3 is 188 Å². The van der Waals surface area contributed by atoms with Gasteiger partial charge in [-0.2, -0.15) is 0 Å². The molecule has 0 fully saturated rings. The SMILES string of the molecule is C=CC[Si](C)(C)C1=C(C)C([Si](OC)(OC)OC)[C]([Pt]([CH3])([CH3])[CH3])=C1[Si](C)(C)CC=C. The zero-order valence-electron chi connectivity index (χ0n) is 20.6. The van der Waals surface area contributed by atoms with Gasteiger partial charge in [-0.3, -0.25) is 0 Å². The Bertz CT molecular complexity index is 690. The van der Waals surface area contributed by atoms with Crippen LogP contribution in [0.1, 0.15) is 6.92 Å². The molecule has 1 aliphatic rings. The van der Waals surface area contributed by atoms with Gasteiger partial charge in [0.2, 0.25) is 0 Å². The van der Waals surface area contributed by atoms with Gasteiger partial charge < -0.3 is 0 Å². The Kier molecular flexibility index (Phi) is 9.16. The fourth-order valence-corrected chi connectivity index (χ4v) is 27.3. The van der Waals surface area contributed by atoms with Gasteiger partial charge in [-0.1, -0.05) is 0 Å². The summed E-state index contributed by atoms with van der Waals surface area (Å²) in [7, 11) is -1.07. The maximum atomic E-state index is 6.10. The molecule has 0 aliphatic heterocycles. The second kappa shape index (κ2) is 9.76. The van der Waals surface area contributed by atoms with E-state index in [-0.39, 0.29) is 5.54 Å². The molecule has 0 amide bonds. The van der Waals surface area contributed by atoms with Crippen LogP contribution in [0, 0.1) is 0 Å². The van der Waals surface area contributed by atoms with Crippen molar-refractivity contribution in [3.8, 4) is 0 Å². The molecular formula is C22H44O3PtSi3. The molecule has 0 bridgehead atoms.